The second-order valence-electron chi connectivity index (χ2n) is 3.60. The second-order valence-corrected chi connectivity index (χ2v) is 3.92. The van der Waals surface area contributed by atoms with Gasteiger partial charge in [0, 0.05) is 5.75 Å². The van der Waals surface area contributed by atoms with Crippen LogP contribution in [-0.2, 0) is 0 Å². The number of rotatable bonds is 3. The van der Waals surface area contributed by atoms with Crippen molar-refractivity contribution in [1.29, 1.82) is 0 Å². The lowest BCUT2D eigenvalue weighted by molar-refractivity contribution is 1.58. The smallest absolute Gasteiger partial charge is 0.0160 e. The van der Waals surface area contributed by atoms with E-state index < -0.39 is 0 Å². The van der Waals surface area contributed by atoms with E-state index in [2.05, 4.69) is 55.1 Å². The van der Waals surface area contributed by atoms with Gasteiger partial charge in [0.2, 0.25) is 0 Å². The largest absolute Gasteiger partial charge is 0.175 e. The fraction of sp³-hybridized carbons (Fsp3) is 0.0667. The summed E-state index contributed by atoms with van der Waals surface area (Å²) in [5, 5.41) is 0. The van der Waals surface area contributed by atoms with Crippen LogP contribution < -0.4 is 0 Å². The van der Waals surface area contributed by atoms with Crippen LogP contribution in [0.25, 0.3) is 11.6 Å². The fourth-order valence-electron chi connectivity index (χ4n) is 1.62. The average Bonchev–Trinajstić information content (AvgIpc) is 2.38. The molecule has 0 amide bonds. The van der Waals surface area contributed by atoms with E-state index in [1.54, 1.807) is 0 Å². The van der Waals surface area contributed by atoms with Crippen molar-refractivity contribution in [2.45, 2.75) is 0 Å². The van der Waals surface area contributed by atoms with Crippen molar-refractivity contribution in [2.24, 2.45) is 0 Å². The molecule has 0 fully saturated rings. The molecule has 1 heteroatoms. The van der Waals surface area contributed by atoms with Gasteiger partial charge in [-0.25, -0.2) is 0 Å². The molecule has 0 bridgehead atoms. The Hall–Kier alpha value is -1.47. The maximum atomic E-state index is 4.39. The summed E-state index contributed by atoms with van der Waals surface area (Å²) in [4.78, 5) is 0. The van der Waals surface area contributed by atoms with Crippen LogP contribution in [0, 0.1) is 0 Å². The van der Waals surface area contributed by atoms with Gasteiger partial charge in [0.1, 0.15) is 0 Å². The molecule has 2 aromatic carbocycles. The van der Waals surface area contributed by atoms with Crippen molar-refractivity contribution < 1.29 is 0 Å². The Morgan fingerprint density at radius 2 is 1.44 bits per heavy atom. The van der Waals surface area contributed by atoms with Crippen molar-refractivity contribution in [2.75, 3.05) is 5.75 Å². The first-order valence-electron chi connectivity index (χ1n) is 5.32. The first-order valence-corrected chi connectivity index (χ1v) is 5.95. The molecule has 0 spiro atoms. The van der Waals surface area contributed by atoms with Crippen LogP contribution in [0.4, 0.5) is 0 Å². The monoisotopic (exact) mass is 226 g/mol. The summed E-state index contributed by atoms with van der Waals surface area (Å²) >= 11 is 4.39. The highest BCUT2D eigenvalue weighted by molar-refractivity contribution is 7.80. The fourth-order valence-corrected chi connectivity index (χ4v) is 1.90. The standard InChI is InChI=1S/C15H14S/c16-12-15(14-9-5-2-6-10-14)11-13-7-3-1-4-8-13/h1-11,16H,12H2. The van der Waals surface area contributed by atoms with Gasteiger partial charge in [-0.3, -0.25) is 0 Å². The third-order valence-corrected chi connectivity index (χ3v) is 2.80. The minimum absolute atomic E-state index is 0.749. The highest BCUT2D eigenvalue weighted by Crippen LogP contribution is 2.18. The van der Waals surface area contributed by atoms with Gasteiger partial charge in [0.05, 0.1) is 0 Å². The maximum Gasteiger partial charge on any atom is 0.0160 e. The second kappa shape index (κ2) is 5.57. The van der Waals surface area contributed by atoms with Crippen molar-refractivity contribution in [1.82, 2.24) is 0 Å². The predicted octanol–water partition coefficient (Wildman–Crippen LogP) is 4.16. The van der Waals surface area contributed by atoms with Gasteiger partial charge in [-0.1, -0.05) is 66.7 Å². The van der Waals surface area contributed by atoms with Crippen molar-refractivity contribution in [3.05, 3.63) is 71.8 Å². The summed E-state index contributed by atoms with van der Waals surface area (Å²) in [6.45, 7) is 0. The molecule has 0 nitrogen and oxygen atoms in total. The molecule has 0 aliphatic rings. The number of benzene rings is 2. The van der Waals surface area contributed by atoms with Gasteiger partial charge in [0.25, 0.3) is 0 Å². The summed E-state index contributed by atoms with van der Waals surface area (Å²) in [6, 6.07) is 20.7. The van der Waals surface area contributed by atoms with E-state index in [-0.39, 0.29) is 0 Å². The summed E-state index contributed by atoms with van der Waals surface area (Å²) in [5.41, 5.74) is 3.70. The predicted molar refractivity (Wildman–Crippen MR) is 74.6 cm³/mol. The van der Waals surface area contributed by atoms with Gasteiger partial charge in [-0.05, 0) is 16.7 Å². The van der Waals surface area contributed by atoms with Crippen LogP contribution >= 0.6 is 12.6 Å². The zero-order valence-corrected chi connectivity index (χ0v) is 9.90. The van der Waals surface area contributed by atoms with E-state index >= 15 is 0 Å². The molecule has 16 heavy (non-hydrogen) atoms. The van der Waals surface area contributed by atoms with E-state index in [0.717, 1.165) is 5.75 Å². The maximum absolute atomic E-state index is 4.39. The van der Waals surface area contributed by atoms with E-state index in [9.17, 15) is 0 Å². The SMILES string of the molecule is SCC(=Cc1ccccc1)c1ccccc1. The number of hydrogen-bond donors (Lipinski definition) is 1. The molecule has 0 saturated heterocycles. The number of hydrogen-bond acceptors (Lipinski definition) is 1. The molecule has 0 aliphatic heterocycles. The van der Waals surface area contributed by atoms with E-state index in [4.69, 9.17) is 0 Å². The van der Waals surface area contributed by atoms with Gasteiger partial charge >= 0.3 is 0 Å². The zero-order chi connectivity index (χ0) is 11.2. The Bertz CT molecular complexity index is 457. The Morgan fingerprint density at radius 1 is 0.875 bits per heavy atom. The zero-order valence-electron chi connectivity index (χ0n) is 9.01. The summed E-state index contributed by atoms with van der Waals surface area (Å²) in [6.07, 6.45) is 2.18. The molecule has 0 radical (unpaired) electrons. The minimum atomic E-state index is 0.749. The summed E-state index contributed by atoms with van der Waals surface area (Å²) in [5.74, 6) is 0.749. The molecule has 2 rings (SSSR count). The van der Waals surface area contributed by atoms with Crippen molar-refractivity contribution >= 4 is 24.3 Å². The molecule has 0 atom stereocenters. The molecule has 0 heterocycles. The van der Waals surface area contributed by atoms with Gasteiger partial charge < -0.3 is 0 Å². The van der Waals surface area contributed by atoms with Gasteiger partial charge in [0.15, 0.2) is 0 Å². The molecule has 0 unspecified atom stereocenters. The third-order valence-electron chi connectivity index (χ3n) is 2.46. The normalized spacial score (nSPS) is 11.4. The molecular weight excluding hydrogens is 212 g/mol. The molecule has 2 aromatic rings. The number of thiol groups is 1. The van der Waals surface area contributed by atoms with Crippen LogP contribution in [0.2, 0.25) is 0 Å². The van der Waals surface area contributed by atoms with E-state index in [1.165, 1.54) is 16.7 Å². The first-order chi connectivity index (χ1) is 7.90. The van der Waals surface area contributed by atoms with Crippen molar-refractivity contribution in [3.8, 4) is 0 Å². The van der Waals surface area contributed by atoms with Crippen molar-refractivity contribution in [3.63, 3.8) is 0 Å². The van der Waals surface area contributed by atoms with Crippen LogP contribution in [0.3, 0.4) is 0 Å². The Kier molecular flexibility index (Phi) is 3.84. The third kappa shape index (κ3) is 2.77. The topological polar surface area (TPSA) is 0 Å². The molecule has 80 valence electrons. The quantitative estimate of drug-likeness (QED) is 0.589. The molecule has 0 aromatic heterocycles. The highest BCUT2D eigenvalue weighted by Gasteiger charge is 1.98. The summed E-state index contributed by atoms with van der Waals surface area (Å²) < 4.78 is 0. The van der Waals surface area contributed by atoms with E-state index in [1.807, 2.05) is 24.3 Å². The van der Waals surface area contributed by atoms with Crippen LogP contribution in [0.5, 0.6) is 0 Å². The Morgan fingerprint density at radius 3 is 2.00 bits per heavy atom. The Balaban J connectivity index is 2.34. The lowest BCUT2D eigenvalue weighted by Gasteiger charge is -2.04. The average molecular weight is 226 g/mol. The molecule has 0 aliphatic carbocycles. The van der Waals surface area contributed by atoms with Gasteiger partial charge in [-0.15, -0.1) is 0 Å². The van der Waals surface area contributed by atoms with Crippen LogP contribution in [0.15, 0.2) is 60.7 Å². The lowest BCUT2D eigenvalue weighted by Crippen LogP contribution is -1.85. The van der Waals surface area contributed by atoms with Gasteiger partial charge in [-0.2, -0.15) is 12.6 Å². The lowest BCUT2D eigenvalue weighted by atomic mass is 10.0. The van der Waals surface area contributed by atoms with Crippen LogP contribution in [0.1, 0.15) is 11.1 Å². The first kappa shape index (κ1) is 11.0. The summed E-state index contributed by atoms with van der Waals surface area (Å²) in [7, 11) is 0. The highest BCUT2D eigenvalue weighted by atomic mass is 32.1. The molecular formula is C15H14S. The Labute approximate surface area is 102 Å². The minimum Gasteiger partial charge on any atom is -0.175 e. The van der Waals surface area contributed by atoms with Crippen LogP contribution in [-0.4, -0.2) is 5.75 Å². The molecule has 0 saturated carbocycles. The molecule has 0 N–H and O–H groups in total. The van der Waals surface area contributed by atoms with E-state index in [0.29, 0.717) is 0 Å².